The maximum absolute atomic E-state index is 13.0. The fourth-order valence-electron chi connectivity index (χ4n) is 6.20. The largest absolute Gasteiger partial charge is 0.321 e. The summed E-state index contributed by atoms with van der Waals surface area (Å²) >= 11 is 27.0. The van der Waals surface area contributed by atoms with Crippen LogP contribution in [0.15, 0.2) is 22.0 Å². The van der Waals surface area contributed by atoms with E-state index in [1.165, 1.54) is 9.81 Å². The van der Waals surface area contributed by atoms with Crippen molar-refractivity contribution >= 4 is 104 Å². The third kappa shape index (κ3) is 6.93. The number of Topliss-reactive ketones (excluding diaryl/α,β-unsaturated/α-hetero) is 2. The molecule has 4 unspecified atom stereocenters. The molecule has 0 aromatic carbocycles. The van der Waals surface area contributed by atoms with Gasteiger partial charge in [0, 0.05) is 48.6 Å². The van der Waals surface area contributed by atoms with Crippen LogP contribution in [0, 0.1) is 23.7 Å². The van der Waals surface area contributed by atoms with Crippen molar-refractivity contribution in [3.63, 3.8) is 0 Å². The lowest BCUT2D eigenvalue weighted by molar-refractivity contribution is -0.122. The highest BCUT2D eigenvalue weighted by atomic mass is 32.2. The average Bonchev–Trinajstić information content (AvgIpc) is 3.53. The van der Waals surface area contributed by atoms with Gasteiger partial charge in [0.1, 0.15) is 21.5 Å². The smallest absolute Gasteiger partial charge is 0.133 e. The Morgan fingerprint density at radius 2 is 1.15 bits per heavy atom. The molecule has 4 aliphatic heterocycles. The Hall–Kier alpha value is -0.520. The molecule has 2 fully saturated rings. The normalized spacial score (nSPS) is 24.6. The Morgan fingerprint density at radius 3 is 1.51 bits per heavy atom. The number of carbonyl (C=O) groups is 2. The lowest BCUT2D eigenvalue weighted by Gasteiger charge is -2.47. The first-order chi connectivity index (χ1) is 19.2. The van der Waals surface area contributed by atoms with Gasteiger partial charge in [-0.2, -0.15) is 0 Å². The summed E-state index contributed by atoms with van der Waals surface area (Å²) in [5, 5.41) is 0. The summed E-state index contributed by atoms with van der Waals surface area (Å²) in [5.41, 5.74) is -0.725. The molecule has 10 heteroatoms. The molecule has 4 aliphatic rings. The van der Waals surface area contributed by atoms with Crippen LogP contribution in [0.4, 0.5) is 0 Å². The summed E-state index contributed by atoms with van der Waals surface area (Å²) in [6.45, 7) is 12.8. The van der Waals surface area contributed by atoms with E-state index in [1.807, 2.05) is 23.5 Å². The van der Waals surface area contributed by atoms with Gasteiger partial charge in [-0.3, -0.25) is 9.59 Å². The molecule has 0 spiro atoms. The van der Waals surface area contributed by atoms with Gasteiger partial charge in [0.05, 0.1) is 9.98 Å². The number of thioether (sulfide) groups is 2. The van der Waals surface area contributed by atoms with E-state index >= 15 is 0 Å². The highest BCUT2D eigenvalue weighted by molar-refractivity contribution is 8.03. The summed E-state index contributed by atoms with van der Waals surface area (Å²) in [6.07, 6.45) is 8.60. The number of hydrogen-bond acceptors (Lipinski definition) is 8. The second kappa shape index (κ2) is 13.2. The van der Waals surface area contributed by atoms with Crippen molar-refractivity contribution in [1.82, 2.24) is 9.80 Å². The van der Waals surface area contributed by atoms with E-state index in [-0.39, 0.29) is 46.3 Å². The van der Waals surface area contributed by atoms with Gasteiger partial charge in [-0.15, -0.1) is 23.5 Å². The third-order valence-corrected chi connectivity index (χ3v) is 13.5. The molecule has 41 heavy (non-hydrogen) atoms. The molecule has 0 aliphatic carbocycles. The zero-order valence-electron chi connectivity index (χ0n) is 25.0. The van der Waals surface area contributed by atoms with Crippen molar-refractivity contribution in [3.05, 3.63) is 22.0 Å². The quantitative estimate of drug-likeness (QED) is 0.191. The van der Waals surface area contributed by atoms with Gasteiger partial charge in [-0.1, -0.05) is 62.7 Å². The van der Waals surface area contributed by atoms with E-state index in [0.717, 1.165) is 44.3 Å². The molecule has 0 saturated carbocycles. The van der Waals surface area contributed by atoms with E-state index < -0.39 is 0 Å². The van der Waals surface area contributed by atoms with Crippen LogP contribution < -0.4 is 0 Å². The second-order valence-corrected chi connectivity index (χ2v) is 17.0. The molecule has 4 heterocycles. The summed E-state index contributed by atoms with van der Waals surface area (Å²) in [5.74, 6) is 3.22. The van der Waals surface area contributed by atoms with Gasteiger partial charge in [0.15, 0.2) is 0 Å². The zero-order chi connectivity index (χ0) is 30.3. The fraction of sp³-hybridized carbons (Fsp3) is 0.677. The first-order valence-corrected chi connectivity index (χ1v) is 18.2. The molecule has 4 rings (SSSR count). The lowest BCUT2D eigenvalue weighted by Crippen LogP contribution is -2.56. The van der Waals surface area contributed by atoms with E-state index in [4.69, 9.17) is 48.9 Å². The van der Waals surface area contributed by atoms with Gasteiger partial charge in [-0.25, -0.2) is 0 Å². The Kier molecular flexibility index (Phi) is 10.8. The van der Waals surface area contributed by atoms with Gasteiger partial charge in [0.25, 0.3) is 0 Å². The number of hydrogen-bond donors (Lipinski definition) is 0. The van der Waals surface area contributed by atoms with Crippen LogP contribution in [0.25, 0.3) is 0 Å². The monoisotopic (exact) mass is 666 g/mol. The number of thiocarbonyl (C=S) groups is 4. The standard InChI is InChI=1S/C31H42N2O2S6/c1-18(30(3,4)32-26(36)16-24-22(28(32)38)10-12-40-24)14-20(34)8-7-9-21(35)15-19(2)31(5,6)33-27(37)17-25-23(29(33)39)11-13-41-25/h16-19,22-23H,7-15H2,1-6H3. The van der Waals surface area contributed by atoms with Crippen molar-refractivity contribution in [3.8, 4) is 0 Å². The molecule has 0 aromatic rings. The zero-order valence-corrected chi connectivity index (χ0v) is 29.9. The third-order valence-electron chi connectivity index (χ3n) is 9.59. The molecule has 4 nitrogen and oxygen atoms in total. The molecule has 4 atom stereocenters. The highest BCUT2D eigenvalue weighted by Gasteiger charge is 2.44. The number of carbonyl (C=O) groups excluding carboxylic acids is 2. The van der Waals surface area contributed by atoms with Gasteiger partial charge in [0.2, 0.25) is 0 Å². The van der Waals surface area contributed by atoms with Crippen LogP contribution in [-0.2, 0) is 9.59 Å². The van der Waals surface area contributed by atoms with Crippen LogP contribution >= 0.6 is 72.4 Å². The highest BCUT2D eigenvalue weighted by Crippen LogP contribution is 2.45. The second-order valence-electron chi connectivity index (χ2n) is 12.9. The number of nitrogens with zero attached hydrogens (tertiary/aromatic N) is 2. The average molecular weight is 667 g/mol. The molecule has 2 saturated heterocycles. The predicted molar refractivity (Wildman–Crippen MR) is 191 cm³/mol. The fourth-order valence-corrected chi connectivity index (χ4v) is 11.1. The lowest BCUT2D eigenvalue weighted by atomic mass is 9.80. The van der Waals surface area contributed by atoms with E-state index in [2.05, 4.69) is 63.5 Å². The number of rotatable bonds is 12. The summed E-state index contributed by atoms with van der Waals surface area (Å²) < 4.78 is 0. The van der Waals surface area contributed by atoms with Crippen molar-refractivity contribution in [1.29, 1.82) is 0 Å². The summed E-state index contributed by atoms with van der Waals surface area (Å²) in [4.78, 5) is 36.1. The Balaban J connectivity index is 1.25. The van der Waals surface area contributed by atoms with Gasteiger partial charge >= 0.3 is 0 Å². The van der Waals surface area contributed by atoms with Crippen molar-refractivity contribution in [2.24, 2.45) is 23.7 Å². The molecule has 0 N–H and O–H groups in total. The molecular weight excluding hydrogens is 625 g/mol. The molecule has 0 radical (unpaired) electrons. The minimum atomic E-state index is -0.362. The van der Waals surface area contributed by atoms with Crippen LogP contribution in [0.5, 0.6) is 0 Å². The maximum Gasteiger partial charge on any atom is 0.133 e. The topological polar surface area (TPSA) is 40.6 Å². The molecule has 0 aromatic heterocycles. The van der Waals surface area contributed by atoms with E-state index in [9.17, 15) is 9.59 Å². The molecular formula is C31H42N2O2S6. The SMILES string of the molecule is CC(CC(=O)CCCC(=O)CC(C)C(C)(C)N1C(=S)C=C2SCCC2C1=S)C(C)(C)N1C(=S)C=C2SCCC2C1=S. The Morgan fingerprint density at radius 1 is 0.780 bits per heavy atom. The van der Waals surface area contributed by atoms with Crippen molar-refractivity contribution < 1.29 is 9.59 Å². The van der Waals surface area contributed by atoms with E-state index in [1.54, 1.807) is 0 Å². The minimum Gasteiger partial charge on any atom is -0.321 e. The Labute approximate surface area is 276 Å². The first kappa shape index (κ1) is 33.4. The minimum absolute atomic E-state index is 0.0662. The Bertz CT molecular complexity index is 1130. The van der Waals surface area contributed by atoms with E-state index in [0.29, 0.717) is 32.1 Å². The molecule has 0 amide bonds. The van der Waals surface area contributed by atoms with Gasteiger partial charge < -0.3 is 9.80 Å². The van der Waals surface area contributed by atoms with Gasteiger partial charge in [-0.05, 0) is 92.3 Å². The van der Waals surface area contributed by atoms with Crippen LogP contribution in [0.1, 0.15) is 86.5 Å². The van der Waals surface area contributed by atoms with Crippen LogP contribution in [0.3, 0.4) is 0 Å². The first-order valence-electron chi connectivity index (χ1n) is 14.6. The molecule has 0 bridgehead atoms. The number of ketones is 2. The van der Waals surface area contributed by atoms with Crippen LogP contribution in [-0.4, -0.2) is 63.9 Å². The van der Waals surface area contributed by atoms with Crippen molar-refractivity contribution in [2.75, 3.05) is 11.5 Å². The predicted octanol–water partition coefficient (Wildman–Crippen LogP) is 8.12. The molecule has 224 valence electrons. The summed E-state index contributed by atoms with van der Waals surface area (Å²) in [7, 11) is 0. The van der Waals surface area contributed by atoms with Crippen molar-refractivity contribution in [2.45, 2.75) is 97.6 Å². The number of fused-ring (bicyclic) bond motifs is 2. The maximum atomic E-state index is 13.0. The van der Waals surface area contributed by atoms with Crippen LogP contribution in [0.2, 0.25) is 0 Å². The summed E-state index contributed by atoms with van der Waals surface area (Å²) in [6, 6.07) is 0.